The molecule has 8 aromatic carbocycles. The second kappa shape index (κ2) is 58.6. The standard InChI is InChI=1S/C24H20F3N5O6.C14H17NO7S.C13H14N4O4.C13H16N2O4.C13H15NO5.C13H16O4.C9H11NO2/c25-24(26,27)38-18-6-1-3-14(7-18)9-29-22-30-10-16(11-31-22)20(33)28-12-19-13-32(23(36)37-19)17-5-2-4-15(8-17)21(34)35;1-3-20-13(16)10-5-4-6-11(7-10)15-8-12(22-14(15)17)9-21-23(2,18)19;1-2-20-12(18)9-4-3-5-10(6-9)17-8-11(7-15-16-14)21-13(17)19;1-2-18-12(16)9-4-3-5-10(6-9)15-8-11(7-14)19-13(15)17;1-2-18-12(16)9-4-3-5-10(6-9)14-7-11(8-15)19-13(14)17;1-3-16-12(14)9-10-6-5-7-11(8-10)13(15)17-4-2;1-2-12-9(11)7-4-3-5-8(10)6-7/h1-8,10-11,19H,9,12-13H2,(H,28,33)(H,34,35)(H,29,30,31);4-7,12H,3,8-9H2,1-2H3;3-6,11H,2,7-8H2,1H3;3-6,11H,2,7-8,14H2,1H3;3-6,11,15H,2,7-8H2,1H3;5-8H,3-4,9H2,1-2H3;3-6H,2,10H2,1H3/t;12-;3*11-;;/m.1001../s1. The van der Waals surface area contributed by atoms with Gasteiger partial charge in [0.15, 0.2) is 0 Å². The summed E-state index contributed by atoms with van der Waals surface area (Å²) in [6.45, 7) is 15.5. The number of alkyl halides is 3. The number of carbonyl (C=O) groups is 14. The number of nitrogens with two attached hydrogens (primary N) is 2. The molecule has 0 spiro atoms. The molecule has 6 heterocycles. The van der Waals surface area contributed by atoms with E-state index in [0.29, 0.717) is 113 Å². The Labute approximate surface area is 851 Å². The number of azide groups is 1. The van der Waals surface area contributed by atoms with Gasteiger partial charge in [0.1, 0.15) is 42.9 Å². The third-order valence-corrected chi connectivity index (χ3v) is 20.8. The molecule has 6 amide bonds. The lowest BCUT2D eigenvalue weighted by atomic mass is 10.1. The molecule has 1 aromatic heterocycles. The van der Waals surface area contributed by atoms with E-state index in [2.05, 4.69) is 39.5 Å². The molecule has 8 N–H and O–H groups in total. The third-order valence-electron chi connectivity index (χ3n) is 20.2. The number of nitrogen functional groups attached to an aromatic ring is 1. The summed E-state index contributed by atoms with van der Waals surface area (Å²) in [6, 6.07) is 50.9. The van der Waals surface area contributed by atoms with Gasteiger partial charge < -0.3 is 93.9 Å². The number of nitrogens with zero attached hydrogens (tertiary/aromatic N) is 10. The molecular formula is C99H109F3N14O32S. The lowest BCUT2D eigenvalue weighted by Gasteiger charge is -2.13. The monoisotopic (exact) mass is 2090 g/mol. The van der Waals surface area contributed by atoms with Crippen LogP contribution in [0, 0.1) is 0 Å². The topological polar surface area (TPSA) is 610 Å². The highest BCUT2D eigenvalue weighted by molar-refractivity contribution is 7.86. The number of ether oxygens (including phenoxy) is 13. The maximum Gasteiger partial charge on any atom is 0.573 e. The van der Waals surface area contributed by atoms with Crippen LogP contribution in [0.3, 0.4) is 0 Å². The summed E-state index contributed by atoms with van der Waals surface area (Å²) in [6.07, 6.45) is -6.68. The first-order valence-electron chi connectivity index (χ1n) is 45.9. The molecule has 5 aliphatic heterocycles. The first-order chi connectivity index (χ1) is 71.2. The molecule has 794 valence electrons. The molecular weight excluding hydrogens is 1990 g/mol. The van der Waals surface area contributed by atoms with Crippen LogP contribution in [-0.2, 0) is 88.9 Å². The van der Waals surface area contributed by atoms with Gasteiger partial charge in [-0.3, -0.25) is 38.3 Å². The molecule has 0 bridgehead atoms. The maximum atomic E-state index is 12.5. The molecule has 0 saturated carbocycles. The van der Waals surface area contributed by atoms with Gasteiger partial charge in [0.05, 0.1) is 156 Å². The van der Waals surface area contributed by atoms with E-state index in [1.807, 2.05) is 0 Å². The van der Waals surface area contributed by atoms with Crippen molar-refractivity contribution in [3.8, 4) is 5.75 Å². The van der Waals surface area contributed by atoms with E-state index in [1.165, 1.54) is 79.4 Å². The van der Waals surface area contributed by atoms with Crippen molar-refractivity contribution in [2.24, 2.45) is 10.8 Å². The number of esters is 7. The van der Waals surface area contributed by atoms with Crippen molar-refractivity contribution in [1.29, 1.82) is 0 Å². The fourth-order valence-electron chi connectivity index (χ4n) is 13.5. The Balaban J connectivity index is 0.000000218. The smallest absolute Gasteiger partial charge is 0.478 e. The molecule has 5 saturated heterocycles. The van der Waals surface area contributed by atoms with Gasteiger partial charge in [-0.25, -0.2) is 67.5 Å². The summed E-state index contributed by atoms with van der Waals surface area (Å²) in [5, 5.41) is 27.0. The van der Waals surface area contributed by atoms with Crippen LogP contribution in [0.25, 0.3) is 10.4 Å². The second-order valence-corrected chi connectivity index (χ2v) is 32.8. The fourth-order valence-corrected chi connectivity index (χ4v) is 13.9. The van der Waals surface area contributed by atoms with Crippen molar-refractivity contribution in [3.05, 3.63) is 273 Å². The molecule has 9 aromatic rings. The number of amides is 6. The number of carbonyl (C=O) groups excluding carboxylic acids is 13. The number of nitrogens with one attached hydrogen (secondary N) is 2. The fraction of sp³-hybridized carbons (Fsp3) is 0.333. The van der Waals surface area contributed by atoms with Crippen LogP contribution < -0.4 is 51.3 Å². The van der Waals surface area contributed by atoms with Crippen LogP contribution in [0.4, 0.5) is 77.2 Å². The lowest BCUT2D eigenvalue weighted by Crippen LogP contribution is -2.34. The number of aromatic nitrogens is 2. The number of aliphatic hydroxyl groups is 1. The van der Waals surface area contributed by atoms with Gasteiger partial charge in [0, 0.05) is 64.5 Å². The summed E-state index contributed by atoms with van der Waals surface area (Å²) >= 11 is 0. The summed E-state index contributed by atoms with van der Waals surface area (Å²) in [7, 11) is -3.61. The van der Waals surface area contributed by atoms with Crippen LogP contribution in [0.15, 0.2) is 212 Å². The van der Waals surface area contributed by atoms with E-state index >= 15 is 0 Å². The van der Waals surface area contributed by atoms with Gasteiger partial charge in [0.2, 0.25) is 5.95 Å². The van der Waals surface area contributed by atoms with Crippen LogP contribution in [0.5, 0.6) is 5.75 Å². The zero-order valence-corrected chi connectivity index (χ0v) is 82.6. The summed E-state index contributed by atoms with van der Waals surface area (Å²) in [4.78, 5) is 181. The van der Waals surface area contributed by atoms with Crippen LogP contribution in [0.1, 0.15) is 142 Å². The zero-order chi connectivity index (χ0) is 109. The lowest BCUT2D eigenvalue weighted by molar-refractivity contribution is -0.274. The Bertz CT molecular complexity index is 6240. The first-order valence-corrected chi connectivity index (χ1v) is 47.7. The molecule has 46 nitrogen and oxygen atoms in total. The van der Waals surface area contributed by atoms with Crippen molar-refractivity contribution in [3.63, 3.8) is 0 Å². The largest absolute Gasteiger partial charge is 0.573 e. The van der Waals surface area contributed by atoms with Gasteiger partial charge in [-0.05, 0) is 199 Å². The van der Waals surface area contributed by atoms with Crippen LogP contribution in [0.2, 0.25) is 0 Å². The van der Waals surface area contributed by atoms with Crippen LogP contribution >= 0.6 is 0 Å². The third kappa shape index (κ3) is 38.0. The SMILES string of the molecule is CCOC(=O)Cc1cccc(C(=O)OCC)c1.CCOC(=O)c1cccc(N)c1.CCOC(=O)c1cccc(N2C[C@H](CN)OC2=O)c1.CCOC(=O)c1cccc(N2C[C@H](CN=[N+]=[N-])OC2=O)c1.CCOC(=O)c1cccc(N2C[C@H](CO)OC2=O)c1.CCOC(=O)c1cccc(N2C[C@H](COS(C)(=O)=O)OC2=O)c1.O=C(O)c1cccc(N2CC(CNC(=O)c3cnc(NCc4cccc(OC(F)(F)F)c4)nc3)OC2=O)c1. The predicted octanol–water partition coefficient (Wildman–Crippen LogP) is 12.8. The van der Waals surface area contributed by atoms with E-state index in [1.54, 1.807) is 200 Å². The summed E-state index contributed by atoms with van der Waals surface area (Å²) in [5.74, 6) is -4.63. The number of benzene rings is 8. The Morgan fingerprint density at radius 1 is 0.463 bits per heavy atom. The number of anilines is 7. The van der Waals surface area contributed by atoms with Gasteiger partial charge in [0.25, 0.3) is 16.0 Å². The number of aliphatic hydroxyl groups excluding tert-OH is 1. The highest BCUT2D eigenvalue weighted by Gasteiger charge is 2.39. The maximum absolute atomic E-state index is 12.5. The van der Waals surface area contributed by atoms with Gasteiger partial charge in [-0.15, -0.1) is 13.2 Å². The van der Waals surface area contributed by atoms with E-state index in [0.717, 1.165) is 11.8 Å². The summed E-state index contributed by atoms with van der Waals surface area (Å²) in [5.41, 5.74) is 26.1. The predicted molar refractivity (Wildman–Crippen MR) is 526 cm³/mol. The quantitative estimate of drug-likeness (QED) is 0.00408. The van der Waals surface area contributed by atoms with E-state index in [-0.39, 0.29) is 132 Å². The normalized spacial score (nSPS) is 15.6. The number of halogens is 3. The number of rotatable bonds is 35. The molecule has 149 heavy (non-hydrogen) atoms. The molecule has 0 radical (unpaired) electrons. The molecule has 0 aliphatic carbocycles. The van der Waals surface area contributed by atoms with Crippen LogP contribution in [-0.4, -0.2) is 268 Å². The van der Waals surface area contributed by atoms with Crippen molar-refractivity contribution in [1.82, 2.24) is 15.3 Å². The van der Waals surface area contributed by atoms with Gasteiger partial charge >= 0.3 is 84.6 Å². The Hall–Kier alpha value is -17.3. The van der Waals surface area contributed by atoms with Crippen molar-refractivity contribution in [2.45, 2.75) is 98.3 Å². The molecule has 5 fully saturated rings. The molecule has 1 unspecified atom stereocenters. The van der Waals surface area contributed by atoms with E-state index in [4.69, 9.17) is 84.1 Å². The first kappa shape index (κ1) is 117. The number of carboxylic acid groups (broad SMARTS) is 1. The molecule has 5 atom stereocenters. The number of cyclic esters (lactones) is 5. The summed E-state index contributed by atoms with van der Waals surface area (Å²) < 4.78 is 127. The molecule has 50 heteroatoms. The minimum Gasteiger partial charge on any atom is -0.478 e. The Morgan fingerprint density at radius 2 is 0.812 bits per heavy atom. The average Bonchev–Trinajstić information content (AvgIpc) is 1.71. The minimum atomic E-state index is -4.79. The second-order valence-electron chi connectivity index (χ2n) is 31.1. The van der Waals surface area contributed by atoms with Crippen molar-refractivity contribution in [2.75, 3.05) is 154 Å². The highest BCUT2D eigenvalue weighted by Crippen LogP contribution is 2.31. The minimum absolute atomic E-state index is 0.00394. The van der Waals surface area contributed by atoms with Crippen molar-refractivity contribution < 1.29 is 165 Å². The number of hydrogen-bond donors (Lipinski definition) is 6. The Morgan fingerprint density at radius 3 is 1.20 bits per heavy atom. The number of aromatic carboxylic acids is 1. The van der Waals surface area contributed by atoms with Crippen molar-refractivity contribution >= 4 is 134 Å². The molecule has 5 aliphatic rings. The Kier molecular flexibility index (Phi) is 46.0. The molecule has 14 rings (SSSR count). The average molecular weight is 2100 g/mol. The zero-order valence-electron chi connectivity index (χ0n) is 81.8. The number of carboxylic acids is 1. The number of hydrogen-bond acceptors (Lipinski definition) is 37. The van der Waals surface area contributed by atoms with Gasteiger partial charge in [-0.2, -0.15) is 8.42 Å². The van der Waals surface area contributed by atoms with E-state index < -0.39 is 107 Å². The van der Waals surface area contributed by atoms with Gasteiger partial charge in [-0.1, -0.05) is 65.8 Å². The van der Waals surface area contributed by atoms with E-state index in [9.17, 15) is 88.7 Å². The highest BCUT2D eigenvalue weighted by atomic mass is 32.2.